The van der Waals surface area contributed by atoms with Gasteiger partial charge in [0.25, 0.3) is 0 Å². The summed E-state index contributed by atoms with van der Waals surface area (Å²) in [5, 5.41) is 1.95. The molecule has 2 aromatic heterocycles. The van der Waals surface area contributed by atoms with E-state index in [9.17, 15) is 4.79 Å². The summed E-state index contributed by atoms with van der Waals surface area (Å²) < 4.78 is 1.76. The minimum Gasteiger partial charge on any atom is -0.274 e. The third-order valence-electron chi connectivity index (χ3n) is 5.87. The molecule has 0 bridgehead atoms. The van der Waals surface area contributed by atoms with Crippen LogP contribution >= 0.6 is 11.3 Å². The molecule has 0 N–H and O–H groups in total. The fraction of sp³-hybridized carbons (Fsp3) is 0.519. The average Bonchev–Trinajstić information content (AvgIpc) is 3.47. The molecule has 0 aliphatic carbocycles. The van der Waals surface area contributed by atoms with Crippen molar-refractivity contribution in [1.82, 2.24) is 14.5 Å². The summed E-state index contributed by atoms with van der Waals surface area (Å²) in [4.78, 5) is 22.1. The second kappa shape index (κ2) is 14.0. The van der Waals surface area contributed by atoms with Crippen LogP contribution in [0.25, 0.3) is 22.6 Å². The highest BCUT2D eigenvalue weighted by atomic mass is 32.1. The molecular formula is C27H37N3OS. The predicted octanol–water partition coefficient (Wildman–Crippen LogP) is 8.45. The molecule has 0 radical (unpaired) electrons. The maximum Gasteiger partial charge on any atom is 0.232 e. The number of imidazole rings is 1. The number of rotatable bonds is 15. The standard InChI is InChI=1S/C27H37N3OS/c1-2-3-4-5-6-7-8-9-10-11-12-13-14-15-20-26(31)30-25-19-17-16-18-23(25)29-27(30)24-21-32-22-28-24/h9-10,16-19,21-22H,2-8,11-15,20H2,1H3/b10-9+. The van der Waals surface area contributed by atoms with Crippen LogP contribution in [0, 0.1) is 0 Å². The van der Waals surface area contributed by atoms with Crippen LogP contribution in [0.2, 0.25) is 0 Å². The molecule has 3 rings (SSSR count). The Morgan fingerprint density at radius 3 is 2.34 bits per heavy atom. The molecular weight excluding hydrogens is 414 g/mol. The number of thiazole rings is 1. The van der Waals surface area contributed by atoms with Crippen LogP contribution in [0.5, 0.6) is 0 Å². The fourth-order valence-electron chi connectivity index (χ4n) is 4.06. The first-order chi connectivity index (χ1) is 15.8. The van der Waals surface area contributed by atoms with Gasteiger partial charge in [0.1, 0.15) is 5.69 Å². The molecule has 2 heterocycles. The van der Waals surface area contributed by atoms with Crippen LogP contribution in [-0.2, 0) is 0 Å². The lowest BCUT2D eigenvalue weighted by Crippen LogP contribution is -2.12. The SMILES string of the molecule is CCCCCCCC/C=C/CCCCCCC(=O)n1c(-c2cscn2)nc2ccccc21. The second-order valence-electron chi connectivity index (χ2n) is 8.51. The van der Waals surface area contributed by atoms with Crippen molar-refractivity contribution in [3.05, 3.63) is 47.3 Å². The minimum atomic E-state index is 0.112. The highest BCUT2D eigenvalue weighted by molar-refractivity contribution is 7.07. The van der Waals surface area contributed by atoms with Crippen molar-refractivity contribution in [1.29, 1.82) is 0 Å². The Hall–Kier alpha value is -2.27. The molecule has 3 aromatic rings. The minimum absolute atomic E-state index is 0.112. The number of carbonyl (C=O) groups is 1. The monoisotopic (exact) mass is 451 g/mol. The van der Waals surface area contributed by atoms with E-state index in [2.05, 4.69) is 29.0 Å². The van der Waals surface area contributed by atoms with Gasteiger partial charge >= 0.3 is 0 Å². The normalized spacial score (nSPS) is 11.7. The van der Waals surface area contributed by atoms with Crippen LogP contribution in [0.4, 0.5) is 0 Å². The van der Waals surface area contributed by atoms with Crippen molar-refractivity contribution < 1.29 is 4.79 Å². The Labute approximate surface area is 196 Å². The molecule has 172 valence electrons. The zero-order chi connectivity index (χ0) is 22.4. The van der Waals surface area contributed by atoms with Crippen molar-refractivity contribution in [3.8, 4) is 11.5 Å². The molecule has 0 spiro atoms. The molecule has 0 fully saturated rings. The van der Waals surface area contributed by atoms with E-state index in [0.717, 1.165) is 36.0 Å². The zero-order valence-electron chi connectivity index (χ0n) is 19.5. The van der Waals surface area contributed by atoms with Gasteiger partial charge in [0.05, 0.1) is 16.5 Å². The number of fused-ring (bicyclic) bond motifs is 1. The van der Waals surface area contributed by atoms with Crippen LogP contribution in [0.1, 0.15) is 95.2 Å². The van der Waals surface area contributed by atoms with Gasteiger partial charge in [0.15, 0.2) is 5.82 Å². The van der Waals surface area contributed by atoms with Gasteiger partial charge in [-0.25, -0.2) is 9.97 Å². The van der Waals surface area contributed by atoms with Crippen molar-refractivity contribution in [3.63, 3.8) is 0 Å². The molecule has 0 amide bonds. The van der Waals surface area contributed by atoms with E-state index in [1.807, 2.05) is 29.6 Å². The molecule has 1 aromatic carbocycles. The van der Waals surface area contributed by atoms with Gasteiger partial charge in [-0.15, -0.1) is 11.3 Å². The Bertz CT molecular complexity index is 959. The summed E-state index contributed by atoms with van der Waals surface area (Å²) in [5.74, 6) is 0.772. The number of allylic oxidation sites excluding steroid dienone is 2. The predicted molar refractivity (Wildman–Crippen MR) is 136 cm³/mol. The molecule has 0 saturated carbocycles. The molecule has 0 unspecified atom stereocenters. The Morgan fingerprint density at radius 2 is 1.62 bits per heavy atom. The smallest absolute Gasteiger partial charge is 0.232 e. The Kier molecular flexibility index (Phi) is 10.7. The first-order valence-electron chi connectivity index (χ1n) is 12.4. The van der Waals surface area contributed by atoms with Crippen LogP contribution in [0.15, 0.2) is 47.3 Å². The third kappa shape index (κ3) is 7.40. The number of benzene rings is 1. The summed E-state index contributed by atoms with van der Waals surface area (Å²) >= 11 is 1.52. The number of carbonyl (C=O) groups excluding carboxylic acids is 1. The number of para-hydroxylation sites is 2. The summed E-state index contributed by atoms with van der Waals surface area (Å²) in [5.41, 5.74) is 4.27. The maximum absolute atomic E-state index is 13.0. The maximum atomic E-state index is 13.0. The van der Waals surface area contributed by atoms with E-state index in [-0.39, 0.29) is 5.91 Å². The fourth-order valence-corrected chi connectivity index (χ4v) is 4.59. The first kappa shape index (κ1) is 24.4. The van der Waals surface area contributed by atoms with Gasteiger partial charge in [0.2, 0.25) is 5.91 Å². The molecule has 4 nitrogen and oxygen atoms in total. The zero-order valence-corrected chi connectivity index (χ0v) is 20.3. The van der Waals surface area contributed by atoms with Crippen LogP contribution in [0.3, 0.4) is 0 Å². The van der Waals surface area contributed by atoms with E-state index in [0.29, 0.717) is 12.2 Å². The highest BCUT2D eigenvalue weighted by Gasteiger charge is 2.18. The van der Waals surface area contributed by atoms with E-state index >= 15 is 0 Å². The van der Waals surface area contributed by atoms with Crippen molar-refractivity contribution in [2.24, 2.45) is 0 Å². The molecule has 5 heteroatoms. The van der Waals surface area contributed by atoms with Gasteiger partial charge in [-0.2, -0.15) is 0 Å². The third-order valence-corrected chi connectivity index (χ3v) is 6.46. The summed E-state index contributed by atoms with van der Waals surface area (Å²) in [6.07, 6.45) is 20.2. The summed E-state index contributed by atoms with van der Waals surface area (Å²) in [7, 11) is 0. The second-order valence-corrected chi connectivity index (χ2v) is 9.23. The number of unbranched alkanes of at least 4 members (excludes halogenated alkanes) is 10. The summed E-state index contributed by atoms with van der Waals surface area (Å²) in [6, 6.07) is 7.83. The number of nitrogens with zero attached hydrogens (tertiary/aromatic N) is 3. The lowest BCUT2D eigenvalue weighted by molar-refractivity contribution is 0.0905. The van der Waals surface area contributed by atoms with Gasteiger partial charge in [-0.05, 0) is 44.2 Å². The van der Waals surface area contributed by atoms with Crippen molar-refractivity contribution in [2.75, 3.05) is 0 Å². The lowest BCUT2D eigenvalue weighted by atomic mass is 10.1. The molecule has 0 saturated heterocycles. The van der Waals surface area contributed by atoms with Gasteiger partial charge < -0.3 is 0 Å². The Morgan fingerprint density at radius 1 is 0.938 bits per heavy atom. The number of hydrogen-bond acceptors (Lipinski definition) is 4. The topological polar surface area (TPSA) is 47.8 Å². The van der Waals surface area contributed by atoms with Gasteiger partial charge in [-0.1, -0.05) is 76.2 Å². The van der Waals surface area contributed by atoms with Crippen molar-refractivity contribution >= 4 is 28.3 Å². The van der Waals surface area contributed by atoms with E-state index in [1.165, 1.54) is 69.1 Å². The van der Waals surface area contributed by atoms with Crippen LogP contribution in [-0.4, -0.2) is 20.4 Å². The largest absolute Gasteiger partial charge is 0.274 e. The quantitative estimate of drug-likeness (QED) is 0.172. The van der Waals surface area contributed by atoms with Gasteiger partial charge in [0, 0.05) is 11.8 Å². The number of hydrogen-bond donors (Lipinski definition) is 0. The molecule has 0 atom stereocenters. The van der Waals surface area contributed by atoms with Gasteiger partial charge in [-0.3, -0.25) is 9.36 Å². The highest BCUT2D eigenvalue weighted by Crippen LogP contribution is 2.25. The Balaban J connectivity index is 1.35. The first-order valence-corrected chi connectivity index (χ1v) is 13.3. The van der Waals surface area contributed by atoms with E-state index in [1.54, 1.807) is 10.1 Å². The molecule has 0 aliphatic heterocycles. The van der Waals surface area contributed by atoms with E-state index in [4.69, 9.17) is 0 Å². The van der Waals surface area contributed by atoms with Crippen molar-refractivity contribution in [2.45, 2.75) is 90.4 Å². The molecule has 0 aliphatic rings. The average molecular weight is 452 g/mol. The van der Waals surface area contributed by atoms with Crippen LogP contribution < -0.4 is 0 Å². The summed E-state index contributed by atoms with van der Waals surface area (Å²) in [6.45, 7) is 2.27. The lowest BCUT2D eigenvalue weighted by Gasteiger charge is -2.06. The number of aromatic nitrogens is 3. The van der Waals surface area contributed by atoms with E-state index < -0.39 is 0 Å². The molecule has 32 heavy (non-hydrogen) atoms.